The van der Waals surface area contributed by atoms with Gasteiger partial charge in [0.25, 0.3) is 0 Å². The summed E-state index contributed by atoms with van der Waals surface area (Å²) in [6.07, 6.45) is 0.368. The van der Waals surface area contributed by atoms with E-state index in [1.165, 1.54) is 0 Å². The molecule has 0 unspecified atom stereocenters. The summed E-state index contributed by atoms with van der Waals surface area (Å²) >= 11 is 6.02. The van der Waals surface area contributed by atoms with Crippen LogP contribution in [-0.2, 0) is 17.8 Å². The molecule has 1 aliphatic rings. The van der Waals surface area contributed by atoms with Crippen LogP contribution < -0.4 is 5.32 Å². The molecule has 0 bridgehead atoms. The molecule has 2 aromatic carbocycles. The molecule has 2 aromatic rings. The average molecular weight is 552 g/mol. The fourth-order valence-corrected chi connectivity index (χ4v) is 3.59. The molecule has 0 spiro atoms. The lowest BCUT2D eigenvalue weighted by Gasteiger charge is -2.36. The SMILES string of the molecule is CCNC(=NCc1ccc(C#N)cc1)N1CCN(C(=O)Cc2cccc(Cl)c2)CC1.I. The summed E-state index contributed by atoms with van der Waals surface area (Å²) in [5.74, 6) is 0.972. The van der Waals surface area contributed by atoms with Crippen molar-refractivity contribution >= 4 is 47.4 Å². The van der Waals surface area contributed by atoms with Gasteiger partial charge in [0.2, 0.25) is 5.91 Å². The molecule has 8 heteroatoms. The maximum Gasteiger partial charge on any atom is 0.227 e. The number of nitriles is 1. The molecule has 0 radical (unpaired) electrons. The quantitative estimate of drug-likeness (QED) is 0.350. The Labute approximate surface area is 205 Å². The highest BCUT2D eigenvalue weighted by Gasteiger charge is 2.23. The van der Waals surface area contributed by atoms with Crippen LogP contribution >= 0.6 is 35.6 Å². The van der Waals surface area contributed by atoms with Crippen molar-refractivity contribution in [3.05, 3.63) is 70.2 Å². The van der Waals surface area contributed by atoms with E-state index >= 15 is 0 Å². The second-order valence-corrected chi connectivity index (χ2v) is 7.59. The number of rotatable bonds is 5. The highest BCUT2D eigenvalue weighted by molar-refractivity contribution is 14.0. The molecule has 3 rings (SSSR count). The van der Waals surface area contributed by atoms with Crippen molar-refractivity contribution in [2.24, 2.45) is 4.99 Å². The van der Waals surface area contributed by atoms with Gasteiger partial charge in [0.15, 0.2) is 5.96 Å². The predicted octanol–water partition coefficient (Wildman–Crippen LogP) is 3.68. The van der Waals surface area contributed by atoms with E-state index in [1.807, 2.05) is 60.4 Å². The van der Waals surface area contributed by atoms with Crippen LogP contribution in [0.1, 0.15) is 23.6 Å². The molecule has 0 aliphatic carbocycles. The van der Waals surface area contributed by atoms with Gasteiger partial charge >= 0.3 is 0 Å². The van der Waals surface area contributed by atoms with Gasteiger partial charge in [-0.3, -0.25) is 4.79 Å². The highest BCUT2D eigenvalue weighted by Crippen LogP contribution is 2.13. The summed E-state index contributed by atoms with van der Waals surface area (Å²) < 4.78 is 0. The molecule has 1 fully saturated rings. The first-order chi connectivity index (χ1) is 14.6. The Bertz CT molecular complexity index is 934. The minimum Gasteiger partial charge on any atom is -0.357 e. The molecule has 1 heterocycles. The number of piperazine rings is 1. The van der Waals surface area contributed by atoms with E-state index in [9.17, 15) is 4.79 Å². The second kappa shape index (κ2) is 12.5. The third-order valence-corrected chi connectivity index (χ3v) is 5.24. The lowest BCUT2D eigenvalue weighted by atomic mass is 10.1. The summed E-state index contributed by atoms with van der Waals surface area (Å²) in [6.45, 7) is 6.17. The van der Waals surface area contributed by atoms with E-state index in [0.717, 1.165) is 36.7 Å². The predicted molar refractivity (Wildman–Crippen MR) is 135 cm³/mol. The molecule has 1 saturated heterocycles. The van der Waals surface area contributed by atoms with E-state index in [2.05, 4.69) is 16.3 Å². The number of halogens is 2. The molecule has 0 saturated carbocycles. The smallest absolute Gasteiger partial charge is 0.227 e. The topological polar surface area (TPSA) is 71.7 Å². The Kier molecular flexibility index (Phi) is 10.1. The van der Waals surface area contributed by atoms with Crippen LogP contribution in [0.25, 0.3) is 0 Å². The lowest BCUT2D eigenvalue weighted by Crippen LogP contribution is -2.54. The number of nitrogens with zero attached hydrogens (tertiary/aromatic N) is 4. The van der Waals surface area contributed by atoms with Crippen molar-refractivity contribution < 1.29 is 4.79 Å². The first-order valence-electron chi connectivity index (χ1n) is 10.1. The van der Waals surface area contributed by atoms with Crippen molar-refractivity contribution in [1.29, 1.82) is 5.26 Å². The fourth-order valence-electron chi connectivity index (χ4n) is 3.38. The largest absolute Gasteiger partial charge is 0.357 e. The van der Waals surface area contributed by atoms with Crippen LogP contribution in [-0.4, -0.2) is 54.4 Å². The van der Waals surface area contributed by atoms with Gasteiger partial charge < -0.3 is 15.1 Å². The van der Waals surface area contributed by atoms with Crippen molar-refractivity contribution in [2.45, 2.75) is 19.9 Å². The number of aliphatic imine (C=N–C) groups is 1. The minimum atomic E-state index is 0. The number of nitrogens with one attached hydrogen (secondary N) is 1. The standard InChI is InChI=1S/C23H26ClN5O.HI/c1-2-26-23(27-17-19-8-6-18(16-25)7-9-19)29-12-10-28(11-13-29)22(30)15-20-4-3-5-21(24)14-20;/h3-9,14H,2,10-13,15,17H2,1H3,(H,26,27);1H. The van der Waals surface area contributed by atoms with Crippen molar-refractivity contribution in [1.82, 2.24) is 15.1 Å². The van der Waals surface area contributed by atoms with Crippen LogP contribution in [0.4, 0.5) is 0 Å². The van der Waals surface area contributed by atoms with E-state index in [1.54, 1.807) is 0 Å². The summed E-state index contributed by atoms with van der Waals surface area (Å²) in [7, 11) is 0. The Morgan fingerprint density at radius 3 is 2.39 bits per heavy atom. The van der Waals surface area contributed by atoms with Gasteiger partial charge in [-0.2, -0.15) is 5.26 Å². The highest BCUT2D eigenvalue weighted by atomic mass is 127. The lowest BCUT2D eigenvalue weighted by molar-refractivity contribution is -0.131. The Hall–Kier alpha value is -2.31. The van der Waals surface area contributed by atoms with Crippen molar-refractivity contribution in [3.63, 3.8) is 0 Å². The van der Waals surface area contributed by atoms with Crippen LogP contribution in [0.2, 0.25) is 5.02 Å². The number of hydrogen-bond donors (Lipinski definition) is 1. The van der Waals surface area contributed by atoms with Gasteiger partial charge in [-0.1, -0.05) is 35.9 Å². The minimum absolute atomic E-state index is 0. The molecule has 1 aliphatic heterocycles. The maximum atomic E-state index is 12.6. The summed E-state index contributed by atoms with van der Waals surface area (Å²) in [5.41, 5.74) is 2.64. The van der Waals surface area contributed by atoms with Crippen LogP contribution in [0.3, 0.4) is 0 Å². The zero-order chi connectivity index (χ0) is 21.3. The first-order valence-corrected chi connectivity index (χ1v) is 10.5. The third-order valence-electron chi connectivity index (χ3n) is 5.01. The second-order valence-electron chi connectivity index (χ2n) is 7.15. The number of carbonyl (C=O) groups excluding carboxylic acids is 1. The first kappa shape index (κ1) is 25.0. The zero-order valence-electron chi connectivity index (χ0n) is 17.6. The number of carbonyl (C=O) groups is 1. The van der Waals surface area contributed by atoms with Gasteiger partial charge in [0, 0.05) is 37.7 Å². The Balaban J connectivity index is 0.00000341. The summed E-state index contributed by atoms with van der Waals surface area (Å²) in [4.78, 5) is 21.5. The van der Waals surface area contributed by atoms with Crippen LogP contribution in [0, 0.1) is 11.3 Å². The molecule has 164 valence electrons. The monoisotopic (exact) mass is 551 g/mol. The molecule has 0 atom stereocenters. The Morgan fingerprint density at radius 2 is 1.77 bits per heavy atom. The fraction of sp³-hybridized carbons (Fsp3) is 0.348. The molecule has 0 aromatic heterocycles. The zero-order valence-corrected chi connectivity index (χ0v) is 20.6. The number of hydrogen-bond acceptors (Lipinski definition) is 3. The number of amides is 1. The van der Waals surface area contributed by atoms with E-state index in [4.69, 9.17) is 21.9 Å². The molecule has 1 N–H and O–H groups in total. The van der Waals surface area contributed by atoms with Gasteiger partial charge in [-0.15, -0.1) is 24.0 Å². The molecule has 6 nitrogen and oxygen atoms in total. The summed E-state index contributed by atoms with van der Waals surface area (Å²) in [6, 6.07) is 17.1. The molecule has 31 heavy (non-hydrogen) atoms. The van der Waals surface area contributed by atoms with Crippen LogP contribution in [0.15, 0.2) is 53.5 Å². The molecular formula is C23H27ClIN5O. The van der Waals surface area contributed by atoms with Gasteiger partial charge in [0.05, 0.1) is 24.6 Å². The van der Waals surface area contributed by atoms with Crippen molar-refractivity contribution in [3.8, 4) is 6.07 Å². The molecular weight excluding hydrogens is 525 g/mol. The van der Waals surface area contributed by atoms with Crippen molar-refractivity contribution in [2.75, 3.05) is 32.7 Å². The number of benzene rings is 2. The van der Waals surface area contributed by atoms with E-state index in [-0.39, 0.29) is 29.9 Å². The van der Waals surface area contributed by atoms with Gasteiger partial charge in [-0.05, 0) is 42.3 Å². The summed E-state index contributed by atoms with van der Waals surface area (Å²) in [5, 5.41) is 12.9. The Morgan fingerprint density at radius 1 is 1.10 bits per heavy atom. The van der Waals surface area contributed by atoms with Gasteiger partial charge in [0.1, 0.15) is 0 Å². The maximum absolute atomic E-state index is 12.6. The normalized spacial score (nSPS) is 13.9. The van der Waals surface area contributed by atoms with Crippen LogP contribution in [0.5, 0.6) is 0 Å². The van der Waals surface area contributed by atoms with E-state index < -0.39 is 0 Å². The third kappa shape index (κ3) is 7.40. The molecule has 1 amide bonds. The van der Waals surface area contributed by atoms with Gasteiger partial charge in [-0.25, -0.2) is 4.99 Å². The number of guanidine groups is 1. The average Bonchev–Trinajstić information content (AvgIpc) is 2.77. The van der Waals surface area contributed by atoms with E-state index in [0.29, 0.717) is 36.6 Å².